The average Bonchev–Trinajstić information content (AvgIpc) is 3.26. The van der Waals surface area contributed by atoms with E-state index in [0.29, 0.717) is 23.9 Å². The van der Waals surface area contributed by atoms with E-state index >= 15 is 0 Å². The third-order valence-electron chi connectivity index (χ3n) is 6.32. The topological polar surface area (TPSA) is 97.2 Å². The van der Waals surface area contributed by atoms with Crippen LogP contribution in [0.4, 0.5) is 4.39 Å². The van der Waals surface area contributed by atoms with Gasteiger partial charge in [0.25, 0.3) is 0 Å². The van der Waals surface area contributed by atoms with Gasteiger partial charge in [0.1, 0.15) is 11.3 Å². The minimum atomic E-state index is -3.71. The third kappa shape index (κ3) is 4.77. The highest BCUT2D eigenvalue weighted by Gasteiger charge is 2.32. The van der Waals surface area contributed by atoms with Gasteiger partial charge in [0.15, 0.2) is 0 Å². The minimum Gasteiger partial charge on any atom is -0.352 e. The number of hydrogen-bond donors (Lipinski definition) is 1. The van der Waals surface area contributed by atoms with Crippen molar-refractivity contribution in [2.45, 2.75) is 50.6 Å². The van der Waals surface area contributed by atoms with E-state index < -0.39 is 10.0 Å². The summed E-state index contributed by atoms with van der Waals surface area (Å²) >= 11 is 0. The highest BCUT2D eigenvalue weighted by atomic mass is 32.2. The smallest absolute Gasteiger partial charge is 0.243 e. The standard InChI is InChI=1S/C23H28FN5O3S/c1-3-16(2)29-22-9-8-19(14-21(22)26-27-29)33(31,32)28-12-10-17(11-13-28)23(30)25-15-18-6-4-5-7-20(18)24/h4-9,14,16-17H,3,10-13,15H2,1-2H3,(H,25,30)/t16-/m0/s1. The number of carbonyl (C=O) groups is 1. The van der Waals surface area contributed by atoms with Gasteiger partial charge in [-0.3, -0.25) is 4.79 Å². The molecule has 2 heterocycles. The zero-order valence-corrected chi connectivity index (χ0v) is 19.6. The van der Waals surface area contributed by atoms with Crippen LogP contribution in [0.5, 0.6) is 0 Å². The van der Waals surface area contributed by atoms with Gasteiger partial charge in [-0.15, -0.1) is 5.10 Å². The van der Waals surface area contributed by atoms with Gasteiger partial charge in [-0.2, -0.15) is 4.31 Å². The molecule has 0 spiro atoms. The number of halogens is 1. The Labute approximate surface area is 192 Å². The molecular formula is C23H28FN5O3S. The molecule has 1 atom stereocenters. The van der Waals surface area contributed by atoms with Crippen LogP contribution in [0.15, 0.2) is 47.4 Å². The number of piperidine rings is 1. The van der Waals surface area contributed by atoms with E-state index in [1.807, 2.05) is 6.92 Å². The highest BCUT2D eigenvalue weighted by Crippen LogP contribution is 2.27. The number of sulfonamides is 1. The quantitative estimate of drug-likeness (QED) is 0.568. The van der Waals surface area contributed by atoms with Crippen molar-refractivity contribution < 1.29 is 17.6 Å². The van der Waals surface area contributed by atoms with E-state index in [4.69, 9.17) is 0 Å². The fourth-order valence-electron chi connectivity index (χ4n) is 4.06. The number of rotatable bonds is 7. The van der Waals surface area contributed by atoms with Crippen molar-refractivity contribution in [3.63, 3.8) is 0 Å². The molecule has 0 aliphatic carbocycles. The van der Waals surface area contributed by atoms with Gasteiger partial charge in [0, 0.05) is 31.1 Å². The van der Waals surface area contributed by atoms with E-state index in [-0.39, 0.29) is 48.2 Å². The fourth-order valence-corrected chi connectivity index (χ4v) is 5.55. The Hall–Kier alpha value is -2.85. The number of carbonyl (C=O) groups excluding carboxylic acids is 1. The average molecular weight is 474 g/mol. The van der Waals surface area contributed by atoms with Crippen LogP contribution in [0.3, 0.4) is 0 Å². The molecule has 0 unspecified atom stereocenters. The monoisotopic (exact) mass is 473 g/mol. The SMILES string of the molecule is CC[C@H](C)n1nnc2cc(S(=O)(=O)N3CCC(C(=O)NCc4ccccc4F)CC3)ccc21. The number of fused-ring (bicyclic) bond motifs is 1. The normalized spacial score (nSPS) is 16.7. The maximum absolute atomic E-state index is 13.7. The molecule has 4 rings (SSSR count). The van der Waals surface area contributed by atoms with Crippen molar-refractivity contribution in [1.82, 2.24) is 24.6 Å². The van der Waals surface area contributed by atoms with E-state index in [1.165, 1.54) is 10.4 Å². The number of benzene rings is 2. The van der Waals surface area contributed by atoms with E-state index in [0.717, 1.165) is 11.9 Å². The first-order valence-corrected chi connectivity index (χ1v) is 12.6. The summed E-state index contributed by atoms with van der Waals surface area (Å²) in [6.45, 7) is 4.70. The molecule has 1 N–H and O–H groups in total. The summed E-state index contributed by atoms with van der Waals surface area (Å²) in [6.07, 6.45) is 1.71. The molecule has 2 aromatic carbocycles. The van der Waals surface area contributed by atoms with Crippen molar-refractivity contribution in [1.29, 1.82) is 0 Å². The summed E-state index contributed by atoms with van der Waals surface area (Å²) in [4.78, 5) is 12.7. The maximum atomic E-state index is 13.7. The summed E-state index contributed by atoms with van der Waals surface area (Å²) in [7, 11) is -3.71. The van der Waals surface area contributed by atoms with E-state index in [2.05, 4.69) is 22.6 Å². The largest absolute Gasteiger partial charge is 0.352 e. The van der Waals surface area contributed by atoms with Crippen LogP contribution < -0.4 is 5.32 Å². The fraction of sp³-hybridized carbons (Fsp3) is 0.435. The highest BCUT2D eigenvalue weighted by molar-refractivity contribution is 7.89. The second-order valence-electron chi connectivity index (χ2n) is 8.43. The third-order valence-corrected chi connectivity index (χ3v) is 8.22. The summed E-state index contributed by atoms with van der Waals surface area (Å²) in [6, 6.07) is 11.4. The lowest BCUT2D eigenvalue weighted by atomic mass is 9.97. The lowest BCUT2D eigenvalue weighted by Gasteiger charge is -2.30. The first-order valence-electron chi connectivity index (χ1n) is 11.2. The number of aromatic nitrogens is 3. The predicted molar refractivity (Wildman–Crippen MR) is 122 cm³/mol. The van der Waals surface area contributed by atoms with Crippen LogP contribution in [0.2, 0.25) is 0 Å². The Morgan fingerprint density at radius 3 is 2.64 bits per heavy atom. The Morgan fingerprint density at radius 1 is 1.21 bits per heavy atom. The van der Waals surface area contributed by atoms with Gasteiger partial charge in [0.05, 0.1) is 16.5 Å². The number of nitrogens with zero attached hydrogens (tertiary/aromatic N) is 4. The molecule has 10 heteroatoms. The van der Waals surface area contributed by atoms with Gasteiger partial charge in [-0.05, 0) is 50.5 Å². The maximum Gasteiger partial charge on any atom is 0.243 e. The van der Waals surface area contributed by atoms with Gasteiger partial charge >= 0.3 is 0 Å². The molecule has 1 saturated heterocycles. The first-order chi connectivity index (χ1) is 15.8. The molecule has 0 radical (unpaired) electrons. The summed E-state index contributed by atoms with van der Waals surface area (Å²) < 4.78 is 43.3. The van der Waals surface area contributed by atoms with Crippen molar-refractivity contribution in [3.8, 4) is 0 Å². The molecule has 3 aromatic rings. The van der Waals surface area contributed by atoms with Crippen molar-refractivity contribution in [3.05, 3.63) is 53.8 Å². The van der Waals surface area contributed by atoms with E-state index in [1.54, 1.807) is 41.1 Å². The first kappa shape index (κ1) is 23.3. The zero-order chi connectivity index (χ0) is 23.6. The van der Waals surface area contributed by atoms with Crippen LogP contribution in [0, 0.1) is 11.7 Å². The molecular weight excluding hydrogens is 445 g/mol. The van der Waals surface area contributed by atoms with Gasteiger partial charge < -0.3 is 5.32 Å². The summed E-state index contributed by atoms with van der Waals surface area (Å²) in [5, 5.41) is 11.1. The van der Waals surface area contributed by atoms with Crippen LogP contribution in [0.1, 0.15) is 44.7 Å². The number of hydrogen-bond acceptors (Lipinski definition) is 5. The van der Waals surface area contributed by atoms with Crippen LogP contribution in [-0.4, -0.2) is 46.7 Å². The molecule has 0 saturated carbocycles. The molecule has 1 aliphatic heterocycles. The number of nitrogens with one attached hydrogen (secondary N) is 1. The lowest BCUT2D eigenvalue weighted by Crippen LogP contribution is -2.42. The lowest BCUT2D eigenvalue weighted by molar-refractivity contribution is -0.126. The second kappa shape index (κ2) is 9.56. The molecule has 176 valence electrons. The molecule has 8 nitrogen and oxygen atoms in total. The van der Waals surface area contributed by atoms with Crippen LogP contribution >= 0.6 is 0 Å². The van der Waals surface area contributed by atoms with Gasteiger partial charge in [-0.25, -0.2) is 17.5 Å². The summed E-state index contributed by atoms with van der Waals surface area (Å²) in [5.74, 6) is -0.848. The Kier molecular flexibility index (Phi) is 6.76. The Balaban J connectivity index is 1.39. The second-order valence-corrected chi connectivity index (χ2v) is 10.4. The summed E-state index contributed by atoms with van der Waals surface area (Å²) in [5.41, 5.74) is 1.76. The van der Waals surface area contributed by atoms with Crippen LogP contribution in [0.25, 0.3) is 11.0 Å². The molecule has 1 amide bonds. The molecule has 33 heavy (non-hydrogen) atoms. The van der Waals surface area contributed by atoms with Crippen molar-refractivity contribution in [2.24, 2.45) is 5.92 Å². The molecule has 1 aliphatic rings. The van der Waals surface area contributed by atoms with E-state index in [9.17, 15) is 17.6 Å². The molecule has 1 fully saturated rings. The van der Waals surface area contributed by atoms with Crippen molar-refractivity contribution >= 4 is 27.0 Å². The predicted octanol–water partition coefficient (Wildman–Crippen LogP) is 3.26. The Bertz CT molecular complexity index is 1250. The van der Waals surface area contributed by atoms with Crippen molar-refractivity contribution in [2.75, 3.05) is 13.1 Å². The minimum absolute atomic E-state index is 0.112. The van der Waals surface area contributed by atoms with Gasteiger partial charge in [-0.1, -0.05) is 30.3 Å². The zero-order valence-electron chi connectivity index (χ0n) is 18.7. The van der Waals surface area contributed by atoms with Crippen LogP contribution in [-0.2, 0) is 21.4 Å². The Morgan fingerprint density at radius 2 is 1.94 bits per heavy atom. The molecule has 1 aromatic heterocycles. The number of amides is 1. The van der Waals surface area contributed by atoms with Gasteiger partial charge in [0.2, 0.25) is 15.9 Å². The molecule has 0 bridgehead atoms.